The van der Waals surface area contributed by atoms with E-state index >= 15 is 0 Å². The molecule has 10 heteroatoms. The lowest BCUT2D eigenvalue weighted by atomic mass is 10.0. The Morgan fingerprint density at radius 2 is 1.79 bits per heavy atom. The van der Waals surface area contributed by atoms with E-state index in [0.29, 0.717) is 30.8 Å². The van der Waals surface area contributed by atoms with Gasteiger partial charge in [-0.05, 0) is 47.4 Å². The van der Waals surface area contributed by atoms with E-state index in [4.69, 9.17) is 19.3 Å². The van der Waals surface area contributed by atoms with Crippen LogP contribution in [0.5, 0.6) is 17.2 Å². The summed E-state index contributed by atoms with van der Waals surface area (Å²) in [6, 6.07) is 18.1. The fourth-order valence-corrected chi connectivity index (χ4v) is 4.77. The zero-order valence-corrected chi connectivity index (χ0v) is 23.4. The van der Waals surface area contributed by atoms with Gasteiger partial charge in [-0.1, -0.05) is 42.5 Å². The number of hydrogen-bond acceptors (Lipinski definition) is 7. The molecule has 220 valence electrons. The molecule has 1 amide bonds. The lowest BCUT2D eigenvalue weighted by molar-refractivity contribution is -0.137. The van der Waals surface area contributed by atoms with Gasteiger partial charge in [0.2, 0.25) is 0 Å². The molecular weight excluding hydrogens is 540 g/mol. The van der Waals surface area contributed by atoms with Crippen molar-refractivity contribution in [3.63, 3.8) is 0 Å². The maximum absolute atomic E-state index is 13.2. The first kappa shape index (κ1) is 30.1. The summed E-state index contributed by atoms with van der Waals surface area (Å²) in [5, 5.41) is 22.0. The lowest BCUT2D eigenvalue weighted by Gasteiger charge is -2.29. The molecule has 0 saturated carbocycles. The SMILES string of the molecule is C=CCN(Cc1ccccc1C(=O)NCc1ccc(OC)cc1)Cc1ccc2c(c1C(=O)O)OC[C@H](CCC(=O)O)O2. The van der Waals surface area contributed by atoms with E-state index in [1.54, 1.807) is 37.5 Å². The average molecular weight is 575 g/mol. The van der Waals surface area contributed by atoms with E-state index in [2.05, 4.69) is 11.9 Å². The highest BCUT2D eigenvalue weighted by Gasteiger charge is 2.29. The summed E-state index contributed by atoms with van der Waals surface area (Å²) in [6.45, 7) is 5.30. The Morgan fingerprint density at radius 1 is 1.05 bits per heavy atom. The van der Waals surface area contributed by atoms with Gasteiger partial charge >= 0.3 is 11.9 Å². The Labute approximate surface area is 244 Å². The highest BCUT2D eigenvalue weighted by Crippen LogP contribution is 2.38. The van der Waals surface area contributed by atoms with Crippen LogP contribution in [0.4, 0.5) is 0 Å². The van der Waals surface area contributed by atoms with Crippen molar-refractivity contribution in [3.8, 4) is 17.2 Å². The normalized spacial score (nSPS) is 13.8. The number of ether oxygens (including phenoxy) is 3. The van der Waals surface area contributed by atoms with Crippen molar-refractivity contribution in [2.45, 2.75) is 38.6 Å². The number of benzene rings is 3. The second-order valence-corrected chi connectivity index (χ2v) is 9.86. The average Bonchev–Trinajstić information content (AvgIpc) is 2.99. The predicted octanol–water partition coefficient (Wildman–Crippen LogP) is 4.52. The summed E-state index contributed by atoms with van der Waals surface area (Å²) in [6.07, 6.45) is 1.41. The largest absolute Gasteiger partial charge is 0.497 e. The second kappa shape index (κ2) is 14.2. The summed E-state index contributed by atoms with van der Waals surface area (Å²) in [5.74, 6) is -1.18. The molecule has 0 fully saturated rings. The molecule has 0 spiro atoms. The topological polar surface area (TPSA) is 135 Å². The number of nitrogens with one attached hydrogen (secondary N) is 1. The summed E-state index contributed by atoms with van der Waals surface area (Å²) in [7, 11) is 1.60. The number of carbonyl (C=O) groups is 3. The number of carboxylic acids is 2. The second-order valence-electron chi connectivity index (χ2n) is 9.86. The predicted molar refractivity (Wildman–Crippen MR) is 155 cm³/mol. The molecule has 4 rings (SSSR count). The zero-order chi connectivity index (χ0) is 30.1. The molecule has 3 aromatic carbocycles. The van der Waals surface area contributed by atoms with Crippen molar-refractivity contribution in [3.05, 3.63) is 101 Å². The fourth-order valence-electron chi connectivity index (χ4n) is 4.77. The van der Waals surface area contributed by atoms with Crippen LogP contribution < -0.4 is 19.5 Å². The number of methoxy groups -OCH3 is 1. The standard InChI is InChI=1S/C32H34N2O8/c1-3-16-34(18-22-6-4-5-7-26(22)31(37)33-17-21-8-11-24(40-2)12-9-21)19-23-10-14-27-30(29(23)32(38)39)41-20-25(42-27)13-15-28(35)36/h3-12,14,25H,1,13,15-20H2,2H3,(H,33,37)(H,35,36)(H,38,39)/t25-/m0/s1. The van der Waals surface area contributed by atoms with Crippen LogP contribution in [-0.2, 0) is 24.4 Å². The number of carbonyl (C=O) groups excluding carboxylic acids is 1. The molecule has 0 aromatic heterocycles. The first-order valence-electron chi connectivity index (χ1n) is 13.5. The third kappa shape index (κ3) is 7.67. The van der Waals surface area contributed by atoms with Gasteiger partial charge in [0, 0.05) is 38.2 Å². The number of fused-ring (bicyclic) bond motifs is 1. The Kier molecular flexibility index (Phi) is 10.2. The van der Waals surface area contributed by atoms with Crippen molar-refractivity contribution in [1.82, 2.24) is 10.2 Å². The molecule has 1 aliphatic rings. The fraction of sp³-hybridized carbons (Fsp3) is 0.281. The third-order valence-corrected chi connectivity index (χ3v) is 6.86. The molecule has 1 heterocycles. The molecule has 10 nitrogen and oxygen atoms in total. The monoisotopic (exact) mass is 574 g/mol. The Bertz CT molecular complexity index is 1440. The minimum absolute atomic E-state index is 0.0104. The zero-order valence-electron chi connectivity index (χ0n) is 23.4. The molecule has 42 heavy (non-hydrogen) atoms. The molecule has 3 N–H and O–H groups in total. The summed E-state index contributed by atoms with van der Waals surface area (Å²) in [5.41, 5.74) is 2.74. The highest BCUT2D eigenvalue weighted by molar-refractivity contribution is 5.95. The van der Waals surface area contributed by atoms with Gasteiger partial charge in [0.25, 0.3) is 5.91 Å². The van der Waals surface area contributed by atoms with Gasteiger partial charge in [-0.2, -0.15) is 0 Å². The van der Waals surface area contributed by atoms with Crippen LogP contribution in [-0.4, -0.2) is 59.3 Å². The van der Waals surface area contributed by atoms with Gasteiger partial charge in [-0.3, -0.25) is 14.5 Å². The van der Waals surface area contributed by atoms with Gasteiger partial charge in [0.15, 0.2) is 11.5 Å². The Balaban J connectivity index is 1.50. The number of aliphatic carboxylic acids is 1. The minimum Gasteiger partial charge on any atom is -0.497 e. The van der Waals surface area contributed by atoms with Gasteiger partial charge in [0.05, 0.1) is 7.11 Å². The number of rotatable bonds is 14. The molecule has 0 saturated heterocycles. The highest BCUT2D eigenvalue weighted by atomic mass is 16.6. The first-order chi connectivity index (χ1) is 20.3. The van der Waals surface area contributed by atoms with E-state index in [1.165, 1.54) is 0 Å². The van der Waals surface area contributed by atoms with E-state index in [-0.39, 0.29) is 49.0 Å². The van der Waals surface area contributed by atoms with Crippen LogP contribution in [0.15, 0.2) is 73.3 Å². The summed E-state index contributed by atoms with van der Waals surface area (Å²) >= 11 is 0. The van der Waals surface area contributed by atoms with Gasteiger partial charge in [-0.15, -0.1) is 6.58 Å². The first-order valence-corrected chi connectivity index (χ1v) is 13.5. The third-order valence-electron chi connectivity index (χ3n) is 6.86. The van der Waals surface area contributed by atoms with Gasteiger partial charge in [0.1, 0.15) is 24.0 Å². The Morgan fingerprint density at radius 3 is 2.48 bits per heavy atom. The van der Waals surface area contributed by atoms with Gasteiger partial charge in [-0.25, -0.2) is 4.79 Å². The van der Waals surface area contributed by atoms with E-state index < -0.39 is 18.0 Å². The summed E-state index contributed by atoms with van der Waals surface area (Å²) < 4.78 is 16.8. The van der Waals surface area contributed by atoms with Crippen LogP contribution in [0, 0.1) is 0 Å². The van der Waals surface area contributed by atoms with Crippen molar-refractivity contribution >= 4 is 17.8 Å². The molecule has 3 aromatic rings. The number of amides is 1. The number of carboxylic acid groups (broad SMARTS) is 2. The maximum atomic E-state index is 13.2. The number of aromatic carboxylic acids is 1. The molecule has 0 aliphatic carbocycles. The molecule has 0 unspecified atom stereocenters. The molecule has 0 bridgehead atoms. The van der Waals surface area contributed by atoms with E-state index in [9.17, 15) is 19.5 Å². The smallest absolute Gasteiger partial charge is 0.339 e. The van der Waals surface area contributed by atoms with Crippen LogP contribution in [0.3, 0.4) is 0 Å². The Hall–Kier alpha value is -4.83. The number of nitrogens with zero attached hydrogens (tertiary/aromatic N) is 1. The van der Waals surface area contributed by atoms with E-state index in [0.717, 1.165) is 16.9 Å². The molecule has 1 aliphatic heterocycles. The van der Waals surface area contributed by atoms with Crippen LogP contribution in [0.2, 0.25) is 0 Å². The van der Waals surface area contributed by atoms with Crippen molar-refractivity contribution in [2.75, 3.05) is 20.3 Å². The molecule has 0 radical (unpaired) electrons. The molecule has 1 atom stereocenters. The van der Waals surface area contributed by atoms with Gasteiger partial charge < -0.3 is 29.7 Å². The van der Waals surface area contributed by atoms with Crippen molar-refractivity contribution in [1.29, 1.82) is 0 Å². The van der Waals surface area contributed by atoms with Crippen molar-refractivity contribution < 1.29 is 38.8 Å². The number of hydrogen-bond donors (Lipinski definition) is 3. The quantitative estimate of drug-likeness (QED) is 0.238. The maximum Gasteiger partial charge on any atom is 0.339 e. The molecular formula is C32H34N2O8. The van der Waals surface area contributed by atoms with Crippen LogP contribution in [0.25, 0.3) is 0 Å². The lowest BCUT2D eigenvalue weighted by Crippen LogP contribution is -2.31. The summed E-state index contributed by atoms with van der Waals surface area (Å²) in [4.78, 5) is 38.4. The van der Waals surface area contributed by atoms with Crippen LogP contribution >= 0.6 is 0 Å². The van der Waals surface area contributed by atoms with Crippen LogP contribution in [0.1, 0.15) is 50.2 Å². The van der Waals surface area contributed by atoms with E-state index in [1.807, 2.05) is 41.3 Å². The van der Waals surface area contributed by atoms with Crippen molar-refractivity contribution in [2.24, 2.45) is 0 Å². The minimum atomic E-state index is -1.16.